The summed E-state index contributed by atoms with van der Waals surface area (Å²) in [7, 11) is 0. The van der Waals surface area contributed by atoms with E-state index in [2.05, 4.69) is 17.5 Å². The lowest BCUT2D eigenvalue weighted by Gasteiger charge is -2.19. The van der Waals surface area contributed by atoms with Crippen molar-refractivity contribution < 1.29 is 4.79 Å². The Morgan fingerprint density at radius 2 is 2.08 bits per heavy atom. The molecule has 0 spiro atoms. The molecule has 1 aliphatic rings. The molecule has 0 atom stereocenters. The number of thiophene rings is 1. The van der Waals surface area contributed by atoms with Crippen molar-refractivity contribution in [3.63, 3.8) is 0 Å². The number of Topliss-reactive ketones (excluding diaryl/α,β-unsaturated/α-hetero) is 1. The molecule has 1 heterocycles. The van der Waals surface area contributed by atoms with Gasteiger partial charge in [0.1, 0.15) is 5.78 Å². The van der Waals surface area contributed by atoms with Crippen molar-refractivity contribution in [1.29, 1.82) is 0 Å². The van der Waals surface area contributed by atoms with Gasteiger partial charge in [-0.2, -0.15) is 0 Å². The fraction of sp³-hybridized carbons (Fsp3) is 0.500. The first-order valence-corrected chi connectivity index (χ1v) is 5.29. The average Bonchev–Trinajstić information content (AvgIpc) is 2.58. The van der Waals surface area contributed by atoms with Crippen molar-refractivity contribution in [3.8, 4) is 0 Å². The molecule has 0 unspecified atom stereocenters. The Morgan fingerprint density at radius 3 is 2.67 bits per heavy atom. The van der Waals surface area contributed by atoms with Gasteiger partial charge in [-0.3, -0.25) is 4.79 Å². The van der Waals surface area contributed by atoms with Crippen molar-refractivity contribution in [2.75, 3.05) is 0 Å². The number of ketones is 1. The Kier molecular flexibility index (Phi) is 2.26. The molecule has 1 aromatic heterocycles. The molecular weight excluding hydrogens is 168 g/mol. The summed E-state index contributed by atoms with van der Waals surface area (Å²) >= 11 is 1.82. The van der Waals surface area contributed by atoms with Crippen molar-refractivity contribution >= 4 is 17.1 Å². The van der Waals surface area contributed by atoms with E-state index >= 15 is 0 Å². The lowest BCUT2D eigenvalue weighted by Crippen LogP contribution is -2.11. The van der Waals surface area contributed by atoms with Crippen LogP contribution in [0.4, 0.5) is 0 Å². The van der Waals surface area contributed by atoms with Gasteiger partial charge in [-0.1, -0.05) is 6.07 Å². The molecule has 1 aromatic rings. The van der Waals surface area contributed by atoms with Crippen LogP contribution in [-0.2, 0) is 4.79 Å². The van der Waals surface area contributed by atoms with E-state index in [1.165, 1.54) is 4.88 Å². The van der Waals surface area contributed by atoms with Crippen LogP contribution >= 0.6 is 11.3 Å². The van der Waals surface area contributed by atoms with Gasteiger partial charge < -0.3 is 0 Å². The van der Waals surface area contributed by atoms with Crippen LogP contribution in [0.3, 0.4) is 0 Å². The van der Waals surface area contributed by atoms with Crippen LogP contribution in [0, 0.1) is 0 Å². The van der Waals surface area contributed by atoms with Gasteiger partial charge in [0.2, 0.25) is 0 Å². The van der Waals surface area contributed by atoms with E-state index in [1.807, 2.05) is 11.3 Å². The second-order valence-corrected chi connectivity index (χ2v) is 4.31. The van der Waals surface area contributed by atoms with Crippen molar-refractivity contribution in [2.45, 2.75) is 31.6 Å². The summed E-state index contributed by atoms with van der Waals surface area (Å²) in [6, 6.07) is 4.28. The van der Waals surface area contributed by atoms with Crippen LogP contribution in [-0.4, -0.2) is 5.78 Å². The maximum absolute atomic E-state index is 11.0. The minimum atomic E-state index is 0.447. The van der Waals surface area contributed by atoms with E-state index in [1.54, 1.807) is 0 Å². The van der Waals surface area contributed by atoms with E-state index in [0.29, 0.717) is 11.7 Å². The fourth-order valence-electron chi connectivity index (χ4n) is 1.75. The van der Waals surface area contributed by atoms with Gasteiger partial charge in [0.05, 0.1) is 0 Å². The molecule has 2 rings (SSSR count). The maximum Gasteiger partial charge on any atom is 0.132 e. The Balaban J connectivity index is 2.03. The van der Waals surface area contributed by atoms with Gasteiger partial charge in [-0.05, 0) is 30.2 Å². The molecule has 1 saturated carbocycles. The zero-order valence-corrected chi connectivity index (χ0v) is 7.77. The molecule has 1 nitrogen and oxygen atoms in total. The molecule has 0 bridgehead atoms. The summed E-state index contributed by atoms with van der Waals surface area (Å²) in [6.07, 6.45) is 3.73. The number of rotatable bonds is 1. The summed E-state index contributed by atoms with van der Waals surface area (Å²) in [4.78, 5) is 12.4. The highest BCUT2D eigenvalue weighted by Gasteiger charge is 2.20. The monoisotopic (exact) mass is 180 g/mol. The summed E-state index contributed by atoms with van der Waals surface area (Å²) in [5, 5.41) is 2.12. The summed E-state index contributed by atoms with van der Waals surface area (Å²) in [6.45, 7) is 0. The number of hydrogen-bond donors (Lipinski definition) is 0. The Bertz CT molecular complexity index is 253. The number of hydrogen-bond acceptors (Lipinski definition) is 2. The topological polar surface area (TPSA) is 17.1 Å². The number of carbonyl (C=O) groups excluding carboxylic acids is 1. The van der Waals surface area contributed by atoms with Gasteiger partial charge in [0.25, 0.3) is 0 Å². The predicted octanol–water partition coefficient (Wildman–Crippen LogP) is 2.97. The number of carbonyl (C=O) groups is 1. The minimum Gasteiger partial charge on any atom is -0.300 e. The fourth-order valence-corrected chi connectivity index (χ4v) is 2.65. The van der Waals surface area contributed by atoms with Gasteiger partial charge >= 0.3 is 0 Å². The lowest BCUT2D eigenvalue weighted by molar-refractivity contribution is -0.120. The summed E-state index contributed by atoms with van der Waals surface area (Å²) < 4.78 is 0. The van der Waals surface area contributed by atoms with E-state index in [9.17, 15) is 4.79 Å². The van der Waals surface area contributed by atoms with Gasteiger partial charge in [-0.25, -0.2) is 0 Å². The SMILES string of the molecule is O=C1CCC(c2cccs2)CC1. The van der Waals surface area contributed by atoms with E-state index in [4.69, 9.17) is 0 Å². The van der Waals surface area contributed by atoms with Crippen LogP contribution in [0.5, 0.6) is 0 Å². The van der Waals surface area contributed by atoms with Gasteiger partial charge in [-0.15, -0.1) is 11.3 Å². The summed E-state index contributed by atoms with van der Waals surface area (Å²) in [5.41, 5.74) is 0. The third-order valence-electron chi connectivity index (χ3n) is 2.49. The van der Waals surface area contributed by atoms with E-state index in [0.717, 1.165) is 25.7 Å². The second kappa shape index (κ2) is 3.40. The molecule has 1 aliphatic carbocycles. The van der Waals surface area contributed by atoms with Crippen molar-refractivity contribution in [2.24, 2.45) is 0 Å². The van der Waals surface area contributed by atoms with E-state index < -0.39 is 0 Å². The second-order valence-electron chi connectivity index (χ2n) is 3.33. The third-order valence-corrected chi connectivity index (χ3v) is 3.52. The third kappa shape index (κ3) is 1.58. The first-order chi connectivity index (χ1) is 5.86. The molecule has 0 aromatic carbocycles. The minimum absolute atomic E-state index is 0.447. The molecule has 12 heavy (non-hydrogen) atoms. The van der Waals surface area contributed by atoms with Crippen LogP contribution in [0.1, 0.15) is 36.5 Å². The normalized spacial score (nSPS) is 19.8. The zero-order valence-electron chi connectivity index (χ0n) is 6.95. The maximum atomic E-state index is 11.0. The molecule has 0 saturated heterocycles. The smallest absolute Gasteiger partial charge is 0.132 e. The Hall–Kier alpha value is -0.630. The Morgan fingerprint density at radius 1 is 1.33 bits per heavy atom. The quantitative estimate of drug-likeness (QED) is 0.649. The van der Waals surface area contributed by atoms with Gasteiger partial charge in [0.15, 0.2) is 0 Å². The Labute approximate surface area is 76.4 Å². The summed E-state index contributed by atoms with van der Waals surface area (Å²) in [5.74, 6) is 1.12. The van der Waals surface area contributed by atoms with Crippen LogP contribution in [0.2, 0.25) is 0 Å². The highest BCUT2D eigenvalue weighted by Crippen LogP contribution is 2.33. The van der Waals surface area contributed by atoms with Gasteiger partial charge in [0, 0.05) is 17.7 Å². The first-order valence-electron chi connectivity index (χ1n) is 4.41. The van der Waals surface area contributed by atoms with Crippen LogP contribution < -0.4 is 0 Å². The molecule has 0 amide bonds. The molecule has 0 radical (unpaired) electrons. The largest absolute Gasteiger partial charge is 0.300 e. The molecular formula is C10H12OS. The molecule has 64 valence electrons. The van der Waals surface area contributed by atoms with E-state index in [-0.39, 0.29) is 0 Å². The zero-order chi connectivity index (χ0) is 8.39. The highest BCUT2D eigenvalue weighted by atomic mass is 32.1. The van der Waals surface area contributed by atoms with Crippen LogP contribution in [0.25, 0.3) is 0 Å². The standard InChI is InChI=1S/C10H12OS/c11-9-5-3-8(4-6-9)10-2-1-7-12-10/h1-2,7-8H,3-6H2. The highest BCUT2D eigenvalue weighted by molar-refractivity contribution is 7.10. The van der Waals surface area contributed by atoms with Crippen molar-refractivity contribution in [1.82, 2.24) is 0 Å². The van der Waals surface area contributed by atoms with Crippen LogP contribution in [0.15, 0.2) is 17.5 Å². The molecule has 0 aliphatic heterocycles. The molecule has 2 heteroatoms. The molecule has 1 fully saturated rings. The first kappa shape index (κ1) is 7.99. The average molecular weight is 180 g/mol. The van der Waals surface area contributed by atoms with Crippen molar-refractivity contribution in [3.05, 3.63) is 22.4 Å². The molecule has 0 N–H and O–H groups in total. The predicted molar refractivity (Wildman–Crippen MR) is 50.5 cm³/mol. The lowest BCUT2D eigenvalue weighted by atomic mass is 9.87.